The molecule has 2 atom stereocenters. The van der Waals surface area contributed by atoms with Gasteiger partial charge in [-0.25, -0.2) is 23.6 Å². The zero-order valence-electron chi connectivity index (χ0n) is 16.5. The van der Waals surface area contributed by atoms with Gasteiger partial charge < -0.3 is 9.84 Å². The first-order valence-electron chi connectivity index (χ1n) is 9.32. The van der Waals surface area contributed by atoms with E-state index in [4.69, 9.17) is 4.74 Å². The van der Waals surface area contributed by atoms with Crippen molar-refractivity contribution in [2.75, 3.05) is 26.7 Å². The number of carboxylic acids is 1. The van der Waals surface area contributed by atoms with Crippen molar-refractivity contribution in [3.8, 4) is 0 Å². The normalized spacial score (nSPS) is 36.4. The molecule has 1 aliphatic carbocycles. The molecule has 0 aromatic carbocycles. The summed E-state index contributed by atoms with van der Waals surface area (Å²) in [6.07, 6.45) is 0.239. The number of hydrogen-bond donors (Lipinski definition) is 1. The maximum Gasteiger partial charge on any atom is 0.410 e. The van der Waals surface area contributed by atoms with E-state index in [0.29, 0.717) is 25.9 Å². The molecule has 3 fully saturated rings. The molecule has 0 bridgehead atoms. The number of hydrazine groups is 1. The highest BCUT2D eigenvalue weighted by Crippen LogP contribution is 2.48. The smallest absolute Gasteiger partial charge is 0.410 e. The number of carboxylic acid groups (broad SMARTS) is 1. The number of carbonyl (C=O) groups is 2. The van der Waals surface area contributed by atoms with Gasteiger partial charge in [0.15, 0.2) is 0 Å². The van der Waals surface area contributed by atoms with Gasteiger partial charge in [-0.15, -0.1) is 0 Å². The fraction of sp³-hybridized carbons (Fsp3) is 0.889. The van der Waals surface area contributed by atoms with Gasteiger partial charge >= 0.3 is 12.1 Å². The average Bonchev–Trinajstić information content (AvgIpc) is 2.90. The third-order valence-corrected chi connectivity index (χ3v) is 5.86. The second-order valence-electron chi connectivity index (χ2n) is 9.48. The Morgan fingerprint density at radius 2 is 1.85 bits per heavy atom. The van der Waals surface area contributed by atoms with Gasteiger partial charge in [-0.05, 0) is 46.5 Å². The second-order valence-corrected chi connectivity index (χ2v) is 9.48. The molecule has 0 unspecified atom stereocenters. The number of carbonyl (C=O) groups excluding carboxylic acids is 1. The number of hydrogen-bond acceptors (Lipinski definition) is 5. The average molecular weight is 389 g/mol. The Kier molecular flexibility index (Phi) is 4.70. The molecular weight excluding hydrogens is 360 g/mol. The number of amides is 1. The molecule has 0 spiro atoms. The second kappa shape index (κ2) is 6.27. The van der Waals surface area contributed by atoms with Crippen molar-refractivity contribution in [2.45, 2.75) is 64.1 Å². The van der Waals surface area contributed by atoms with E-state index in [-0.39, 0.29) is 5.92 Å². The van der Waals surface area contributed by atoms with E-state index in [1.807, 2.05) is 0 Å². The van der Waals surface area contributed by atoms with E-state index in [1.54, 1.807) is 44.8 Å². The first-order chi connectivity index (χ1) is 12.2. The van der Waals surface area contributed by atoms with Crippen molar-refractivity contribution in [1.29, 1.82) is 0 Å². The van der Waals surface area contributed by atoms with Crippen LogP contribution in [0.15, 0.2) is 0 Å². The van der Waals surface area contributed by atoms with Crippen LogP contribution in [0.4, 0.5) is 13.6 Å². The van der Waals surface area contributed by atoms with Gasteiger partial charge in [-0.2, -0.15) is 0 Å². The Bertz CT molecular complexity index is 631. The van der Waals surface area contributed by atoms with Gasteiger partial charge in [0.2, 0.25) is 0 Å². The van der Waals surface area contributed by atoms with E-state index < -0.39 is 47.6 Å². The number of rotatable bonds is 3. The van der Waals surface area contributed by atoms with Gasteiger partial charge in [0.05, 0.1) is 18.0 Å². The minimum Gasteiger partial charge on any atom is -0.481 e. The largest absolute Gasteiger partial charge is 0.481 e. The fourth-order valence-electron chi connectivity index (χ4n) is 4.65. The number of aliphatic carboxylic acids is 1. The SMILES string of the molecule is CN1C[C@@H]2[C@H](N1CC1CC(C)(C(=O)O)C1)C(F)(F)CN2C(=O)OC(C)(C)C. The highest BCUT2D eigenvalue weighted by Gasteiger charge is 2.63. The van der Waals surface area contributed by atoms with Crippen LogP contribution in [0.1, 0.15) is 40.5 Å². The molecule has 3 rings (SSSR count). The summed E-state index contributed by atoms with van der Waals surface area (Å²) in [5, 5.41) is 12.6. The molecule has 2 saturated heterocycles. The predicted octanol–water partition coefficient (Wildman–Crippen LogP) is 2.27. The number of alkyl halides is 2. The zero-order valence-corrected chi connectivity index (χ0v) is 16.5. The highest BCUT2D eigenvalue weighted by molar-refractivity contribution is 5.75. The summed E-state index contributed by atoms with van der Waals surface area (Å²) in [5.74, 6) is -3.83. The molecule has 27 heavy (non-hydrogen) atoms. The van der Waals surface area contributed by atoms with Crippen LogP contribution in [0.25, 0.3) is 0 Å². The summed E-state index contributed by atoms with van der Waals surface area (Å²) in [6.45, 7) is 6.84. The van der Waals surface area contributed by atoms with Crippen LogP contribution in [0, 0.1) is 11.3 Å². The van der Waals surface area contributed by atoms with Crippen LogP contribution in [0.2, 0.25) is 0 Å². The molecule has 9 heteroatoms. The topological polar surface area (TPSA) is 73.3 Å². The molecular formula is C18H29F2N3O4. The number of likely N-dealkylation sites (tertiary alicyclic amines) is 1. The summed E-state index contributed by atoms with van der Waals surface area (Å²) >= 11 is 0. The van der Waals surface area contributed by atoms with Gasteiger partial charge in [0, 0.05) is 20.1 Å². The Balaban J connectivity index is 1.71. The number of fused-ring (bicyclic) bond motifs is 1. The molecule has 0 aromatic heterocycles. The van der Waals surface area contributed by atoms with Gasteiger partial charge in [0.1, 0.15) is 11.6 Å². The standard InChI is InChI=1S/C18H29F2N3O4/c1-16(2,3)27-15(26)22-10-18(19,20)13-12(22)9-21(5)23(13)8-11-6-17(4,7-11)14(24)25/h11-13H,6-10H2,1-5H3,(H,24,25)/t11?,12-,13+,17?/m1/s1. The molecule has 2 aliphatic heterocycles. The quantitative estimate of drug-likeness (QED) is 0.798. The monoisotopic (exact) mass is 389 g/mol. The summed E-state index contributed by atoms with van der Waals surface area (Å²) in [6, 6.07) is -1.75. The first kappa shape index (κ1) is 20.3. The minimum absolute atomic E-state index is 0.0543. The summed E-state index contributed by atoms with van der Waals surface area (Å²) in [5.41, 5.74) is -1.51. The Hall–Kier alpha value is -1.48. The Labute approximate surface area is 158 Å². The Morgan fingerprint density at radius 3 is 2.37 bits per heavy atom. The van der Waals surface area contributed by atoms with E-state index in [0.717, 1.165) is 4.90 Å². The van der Waals surface area contributed by atoms with Crippen LogP contribution in [0.5, 0.6) is 0 Å². The molecule has 0 aromatic rings. The van der Waals surface area contributed by atoms with Crippen LogP contribution < -0.4 is 0 Å². The molecule has 1 amide bonds. The van der Waals surface area contributed by atoms with Crippen molar-refractivity contribution < 1.29 is 28.2 Å². The lowest BCUT2D eigenvalue weighted by molar-refractivity contribution is -0.160. The summed E-state index contributed by atoms with van der Waals surface area (Å²) < 4.78 is 34.9. The number of nitrogens with zero attached hydrogens (tertiary/aromatic N) is 3. The maximum absolute atomic E-state index is 14.8. The third-order valence-electron chi connectivity index (χ3n) is 5.86. The number of halogens is 2. The molecule has 3 aliphatic rings. The number of ether oxygens (including phenoxy) is 1. The van der Waals surface area contributed by atoms with Crippen LogP contribution >= 0.6 is 0 Å². The fourth-order valence-corrected chi connectivity index (χ4v) is 4.65. The van der Waals surface area contributed by atoms with E-state index in [1.165, 1.54) is 0 Å². The summed E-state index contributed by atoms with van der Waals surface area (Å²) in [7, 11) is 1.73. The van der Waals surface area contributed by atoms with Crippen LogP contribution in [-0.2, 0) is 9.53 Å². The lowest BCUT2D eigenvalue weighted by Crippen LogP contribution is -2.53. The first-order valence-corrected chi connectivity index (χ1v) is 9.32. The number of likely N-dealkylation sites (N-methyl/N-ethyl adjacent to an activating group) is 1. The van der Waals surface area contributed by atoms with Gasteiger partial charge in [-0.1, -0.05) is 0 Å². The molecule has 0 radical (unpaired) electrons. The van der Waals surface area contributed by atoms with E-state index >= 15 is 0 Å². The van der Waals surface area contributed by atoms with Crippen LogP contribution in [0.3, 0.4) is 0 Å². The van der Waals surface area contributed by atoms with Crippen molar-refractivity contribution >= 4 is 12.1 Å². The van der Waals surface area contributed by atoms with Crippen molar-refractivity contribution in [3.05, 3.63) is 0 Å². The van der Waals surface area contributed by atoms with Gasteiger partial charge in [0.25, 0.3) is 5.92 Å². The maximum atomic E-state index is 14.8. The Morgan fingerprint density at radius 1 is 1.26 bits per heavy atom. The van der Waals surface area contributed by atoms with Crippen molar-refractivity contribution in [2.24, 2.45) is 11.3 Å². The van der Waals surface area contributed by atoms with E-state index in [9.17, 15) is 23.5 Å². The molecule has 2 heterocycles. The predicted molar refractivity (Wildman–Crippen MR) is 93.3 cm³/mol. The molecule has 7 nitrogen and oxygen atoms in total. The van der Waals surface area contributed by atoms with Gasteiger partial charge in [-0.3, -0.25) is 9.69 Å². The lowest BCUT2D eigenvalue weighted by atomic mass is 9.63. The minimum atomic E-state index is -3.05. The third kappa shape index (κ3) is 3.63. The van der Waals surface area contributed by atoms with E-state index in [2.05, 4.69) is 0 Å². The molecule has 1 saturated carbocycles. The highest BCUT2D eigenvalue weighted by atomic mass is 19.3. The summed E-state index contributed by atoms with van der Waals surface area (Å²) in [4.78, 5) is 24.8. The lowest BCUT2D eigenvalue weighted by Gasteiger charge is -2.45. The van der Waals surface area contributed by atoms with Crippen molar-refractivity contribution in [3.63, 3.8) is 0 Å². The molecule has 154 valence electrons. The zero-order chi connectivity index (χ0) is 20.4. The van der Waals surface area contributed by atoms with Crippen molar-refractivity contribution in [1.82, 2.24) is 14.9 Å². The molecule has 1 N–H and O–H groups in total. The van der Waals surface area contributed by atoms with Crippen LogP contribution in [-0.4, -0.2) is 82.4 Å².